The van der Waals surface area contributed by atoms with E-state index >= 15 is 0 Å². The Morgan fingerprint density at radius 1 is 1.33 bits per heavy atom. The number of nitrogens with one attached hydrogen (secondary N) is 1. The number of aromatic nitrogens is 3. The van der Waals surface area contributed by atoms with Crippen LogP contribution in [0.3, 0.4) is 0 Å². The molecule has 192 valence electrons. The summed E-state index contributed by atoms with van der Waals surface area (Å²) < 4.78 is 12.9. The number of esters is 1. The van der Waals surface area contributed by atoms with Gasteiger partial charge < -0.3 is 14.8 Å². The SMILES string of the molecule is C=CCn1c(SCC(=O)Nc2sc(C)c(CC)c2C(=O)OC)nnc1C(C)Oc1ccc(Cl)cc1C. The Bertz CT molecular complexity index is 1270. The van der Waals surface area contributed by atoms with Gasteiger partial charge in [-0.2, -0.15) is 0 Å². The number of amides is 1. The summed E-state index contributed by atoms with van der Waals surface area (Å²) in [4.78, 5) is 26.1. The number of methoxy groups -OCH3 is 1. The quantitative estimate of drug-likeness (QED) is 0.178. The molecule has 1 aromatic carbocycles. The van der Waals surface area contributed by atoms with Gasteiger partial charge in [0.1, 0.15) is 10.8 Å². The Hall–Kier alpha value is -2.82. The average Bonchev–Trinajstić information content (AvgIpc) is 3.38. The van der Waals surface area contributed by atoms with E-state index in [0.29, 0.717) is 45.3 Å². The van der Waals surface area contributed by atoms with Crippen molar-refractivity contribution < 1.29 is 19.1 Å². The summed E-state index contributed by atoms with van der Waals surface area (Å²) in [7, 11) is 1.33. The second kappa shape index (κ2) is 12.4. The average molecular weight is 549 g/mol. The molecule has 1 amide bonds. The van der Waals surface area contributed by atoms with Gasteiger partial charge in [-0.05, 0) is 56.5 Å². The van der Waals surface area contributed by atoms with Gasteiger partial charge in [0.2, 0.25) is 5.91 Å². The maximum Gasteiger partial charge on any atom is 0.341 e. The summed E-state index contributed by atoms with van der Waals surface area (Å²) in [5.41, 5.74) is 2.22. The predicted octanol–water partition coefficient (Wildman–Crippen LogP) is 6.02. The standard InChI is InChI=1S/C25H29ClN4O4S2/c1-7-11-30-22(15(4)34-19-10-9-17(26)12-14(19)3)28-29-25(30)35-13-20(31)27-23-21(24(32)33-6)18(8-2)16(5)36-23/h7,9-10,12,15H,1,8,11,13H2,2-6H3,(H,27,31). The van der Waals surface area contributed by atoms with Crippen LogP contribution in [-0.4, -0.2) is 39.5 Å². The van der Waals surface area contributed by atoms with Gasteiger partial charge >= 0.3 is 5.97 Å². The van der Waals surface area contributed by atoms with Crippen molar-refractivity contribution in [3.63, 3.8) is 0 Å². The molecule has 0 aliphatic rings. The highest BCUT2D eigenvalue weighted by molar-refractivity contribution is 7.99. The molecule has 0 radical (unpaired) electrons. The molecule has 1 N–H and O–H groups in total. The number of nitrogens with zero attached hydrogens (tertiary/aromatic N) is 3. The van der Waals surface area contributed by atoms with Crippen molar-refractivity contribution in [3.05, 3.63) is 63.3 Å². The second-order valence-electron chi connectivity index (χ2n) is 7.93. The minimum atomic E-state index is -0.459. The molecule has 8 nitrogen and oxygen atoms in total. The number of ether oxygens (including phenoxy) is 2. The lowest BCUT2D eigenvalue weighted by atomic mass is 10.1. The number of hydrogen-bond acceptors (Lipinski definition) is 8. The van der Waals surface area contributed by atoms with Crippen LogP contribution < -0.4 is 10.1 Å². The summed E-state index contributed by atoms with van der Waals surface area (Å²) in [5, 5.41) is 13.2. The van der Waals surface area contributed by atoms with E-state index in [2.05, 4.69) is 22.1 Å². The van der Waals surface area contributed by atoms with Crippen molar-refractivity contribution in [2.45, 2.75) is 51.9 Å². The second-order valence-corrected chi connectivity index (χ2v) is 10.5. The van der Waals surface area contributed by atoms with Crippen molar-refractivity contribution >= 4 is 51.6 Å². The molecule has 0 aliphatic heterocycles. The van der Waals surface area contributed by atoms with Crippen LogP contribution in [0.1, 0.15) is 52.1 Å². The van der Waals surface area contributed by atoms with Gasteiger partial charge in [-0.1, -0.05) is 36.4 Å². The number of carbonyl (C=O) groups is 2. The smallest absolute Gasteiger partial charge is 0.341 e. The normalized spacial score (nSPS) is 11.7. The zero-order valence-corrected chi connectivity index (χ0v) is 23.3. The highest BCUT2D eigenvalue weighted by Gasteiger charge is 2.24. The monoisotopic (exact) mass is 548 g/mol. The third kappa shape index (κ3) is 6.29. The summed E-state index contributed by atoms with van der Waals surface area (Å²) in [6.45, 7) is 12.0. The minimum absolute atomic E-state index is 0.0832. The number of allylic oxidation sites excluding steroid dienone is 1. The van der Waals surface area contributed by atoms with E-state index in [1.165, 1.54) is 30.2 Å². The Kier molecular flexibility index (Phi) is 9.58. The summed E-state index contributed by atoms with van der Waals surface area (Å²) >= 11 is 8.66. The van der Waals surface area contributed by atoms with Crippen LogP contribution in [0.4, 0.5) is 5.00 Å². The van der Waals surface area contributed by atoms with Crippen LogP contribution in [0.2, 0.25) is 5.02 Å². The topological polar surface area (TPSA) is 95.3 Å². The van der Waals surface area contributed by atoms with Gasteiger partial charge in [0.25, 0.3) is 0 Å². The lowest BCUT2D eigenvalue weighted by molar-refractivity contribution is -0.113. The Balaban J connectivity index is 1.73. The van der Waals surface area contributed by atoms with E-state index in [9.17, 15) is 9.59 Å². The van der Waals surface area contributed by atoms with Crippen LogP contribution in [0.5, 0.6) is 5.75 Å². The molecule has 0 spiro atoms. The molecule has 0 saturated heterocycles. The van der Waals surface area contributed by atoms with Crippen LogP contribution >= 0.6 is 34.7 Å². The third-order valence-corrected chi connectivity index (χ3v) is 7.66. The first-order valence-corrected chi connectivity index (χ1v) is 13.5. The number of thiophene rings is 1. The van der Waals surface area contributed by atoms with Crippen molar-refractivity contribution in [2.24, 2.45) is 0 Å². The highest BCUT2D eigenvalue weighted by atomic mass is 35.5. The van der Waals surface area contributed by atoms with E-state index in [1.54, 1.807) is 12.1 Å². The highest BCUT2D eigenvalue weighted by Crippen LogP contribution is 2.34. The fourth-order valence-electron chi connectivity index (χ4n) is 3.70. The third-order valence-electron chi connectivity index (χ3n) is 5.40. The number of carbonyl (C=O) groups excluding carboxylic acids is 2. The van der Waals surface area contributed by atoms with Crippen molar-refractivity contribution in [3.8, 4) is 5.75 Å². The van der Waals surface area contributed by atoms with Crippen LogP contribution in [0.25, 0.3) is 0 Å². The lowest BCUT2D eigenvalue weighted by Gasteiger charge is -2.17. The lowest BCUT2D eigenvalue weighted by Crippen LogP contribution is -2.17. The number of aryl methyl sites for hydroxylation is 2. The molecular formula is C25H29ClN4O4S2. The summed E-state index contributed by atoms with van der Waals surface area (Å²) in [6.07, 6.45) is 2.01. The number of anilines is 1. The van der Waals surface area contributed by atoms with Gasteiger partial charge in [0.15, 0.2) is 17.1 Å². The first kappa shape index (κ1) is 27.8. The Morgan fingerprint density at radius 2 is 2.08 bits per heavy atom. The number of hydrogen-bond donors (Lipinski definition) is 1. The molecule has 1 unspecified atom stereocenters. The van der Waals surface area contributed by atoms with E-state index in [4.69, 9.17) is 21.1 Å². The fraction of sp³-hybridized carbons (Fsp3) is 0.360. The molecule has 3 rings (SSSR count). The predicted molar refractivity (Wildman–Crippen MR) is 145 cm³/mol. The molecule has 0 aliphatic carbocycles. The first-order valence-electron chi connectivity index (χ1n) is 11.3. The van der Waals surface area contributed by atoms with Gasteiger partial charge in [0.05, 0.1) is 18.4 Å². The largest absolute Gasteiger partial charge is 0.482 e. The number of halogens is 1. The fourth-order valence-corrected chi connectivity index (χ4v) is 5.83. The van der Waals surface area contributed by atoms with Crippen molar-refractivity contribution in [1.29, 1.82) is 0 Å². The molecule has 11 heteroatoms. The first-order chi connectivity index (χ1) is 17.2. The minimum Gasteiger partial charge on any atom is -0.482 e. The van der Waals surface area contributed by atoms with Crippen molar-refractivity contribution in [1.82, 2.24) is 14.8 Å². The summed E-state index contributed by atoms with van der Waals surface area (Å²) in [6, 6.07) is 5.43. The van der Waals surface area contributed by atoms with E-state index in [0.717, 1.165) is 16.0 Å². The molecule has 36 heavy (non-hydrogen) atoms. The number of rotatable bonds is 11. The van der Waals surface area contributed by atoms with Gasteiger partial charge in [-0.15, -0.1) is 28.1 Å². The van der Waals surface area contributed by atoms with Crippen LogP contribution in [0, 0.1) is 13.8 Å². The van der Waals surface area contributed by atoms with Crippen LogP contribution in [0.15, 0.2) is 36.0 Å². The maximum atomic E-state index is 12.8. The molecule has 3 aromatic rings. The molecule has 2 aromatic heterocycles. The van der Waals surface area contributed by atoms with Crippen LogP contribution in [-0.2, 0) is 22.5 Å². The van der Waals surface area contributed by atoms with E-state index < -0.39 is 12.1 Å². The zero-order valence-electron chi connectivity index (χ0n) is 20.9. The molecule has 0 saturated carbocycles. The number of thioether (sulfide) groups is 1. The van der Waals surface area contributed by atoms with Gasteiger partial charge in [-0.25, -0.2) is 4.79 Å². The van der Waals surface area contributed by atoms with Gasteiger partial charge in [0, 0.05) is 16.4 Å². The Morgan fingerprint density at radius 3 is 2.72 bits per heavy atom. The Labute approximate surface area is 224 Å². The number of benzene rings is 1. The van der Waals surface area contributed by atoms with Gasteiger partial charge in [-0.3, -0.25) is 9.36 Å². The molecule has 1 atom stereocenters. The molecule has 0 fully saturated rings. The molecule has 2 heterocycles. The molecule has 0 bridgehead atoms. The zero-order chi connectivity index (χ0) is 26.4. The van der Waals surface area contributed by atoms with E-state index in [-0.39, 0.29) is 11.7 Å². The summed E-state index contributed by atoms with van der Waals surface area (Å²) in [5.74, 6) is 0.679. The van der Waals surface area contributed by atoms with Crippen molar-refractivity contribution in [2.75, 3.05) is 18.2 Å². The molecular weight excluding hydrogens is 520 g/mol. The van der Waals surface area contributed by atoms with E-state index in [1.807, 2.05) is 44.4 Å². The maximum absolute atomic E-state index is 12.8.